The summed E-state index contributed by atoms with van der Waals surface area (Å²) >= 11 is 5.89. The first-order valence-electron chi connectivity index (χ1n) is 2.99. The molecule has 1 aliphatic carbocycles. The lowest BCUT2D eigenvalue weighted by Gasteiger charge is -2.41. The summed E-state index contributed by atoms with van der Waals surface area (Å²) < 4.78 is 0. The molecule has 2 atom stereocenters. The van der Waals surface area contributed by atoms with Crippen molar-refractivity contribution in [1.82, 2.24) is 0 Å². The van der Waals surface area contributed by atoms with Crippen LogP contribution in [-0.2, 0) is 0 Å². The van der Waals surface area contributed by atoms with Crippen LogP contribution in [0.15, 0.2) is 0 Å². The zero-order valence-corrected chi connectivity index (χ0v) is 5.78. The Bertz CT molecular complexity index is 90.5. The Balaban J connectivity index is 2.42. The van der Waals surface area contributed by atoms with Gasteiger partial charge in [0.1, 0.15) is 0 Å². The molecular weight excluding hydrogens is 124 g/mol. The van der Waals surface area contributed by atoms with Crippen molar-refractivity contribution in [3.8, 4) is 0 Å². The second kappa shape index (κ2) is 1.89. The van der Waals surface area contributed by atoms with Gasteiger partial charge in [-0.25, -0.2) is 0 Å². The number of hydrogen-bond donors (Lipinski definition) is 1. The number of aliphatic hydroxyl groups is 1. The maximum Gasteiger partial charge on any atom is 0.0702 e. The fourth-order valence-corrected chi connectivity index (χ4v) is 1.20. The van der Waals surface area contributed by atoms with Crippen molar-refractivity contribution in [2.45, 2.75) is 24.6 Å². The summed E-state index contributed by atoms with van der Waals surface area (Å²) in [6.07, 6.45) is 2.15. The first-order valence-corrected chi connectivity index (χ1v) is 3.36. The fourth-order valence-electron chi connectivity index (χ4n) is 0.981. The van der Waals surface area contributed by atoms with Gasteiger partial charge < -0.3 is 5.11 Å². The van der Waals surface area contributed by atoms with E-state index in [9.17, 15) is 0 Å². The molecule has 2 unspecified atom stereocenters. The van der Waals surface area contributed by atoms with Gasteiger partial charge >= 0.3 is 0 Å². The Morgan fingerprint density at radius 3 is 2.50 bits per heavy atom. The lowest BCUT2D eigenvalue weighted by molar-refractivity contribution is 0.129. The SMILES string of the molecule is CC1CCC1(Cl)CO. The molecule has 0 saturated heterocycles. The molecule has 1 rings (SSSR count). The topological polar surface area (TPSA) is 20.2 Å². The molecule has 0 radical (unpaired) electrons. The van der Waals surface area contributed by atoms with E-state index >= 15 is 0 Å². The van der Waals surface area contributed by atoms with Crippen LogP contribution in [0, 0.1) is 5.92 Å². The second-order valence-corrected chi connectivity index (χ2v) is 3.39. The molecule has 0 aromatic rings. The smallest absolute Gasteiger partial charge is 0.0702 e. The van der Waals surface area contributed by atoms with E-state index in [0.717, 1.165) is 6.42 Å². The van der Waals surface area contributed by atoms with E-state index in [1.807, 2.05) is 0 Å². The summed E-state index contributed by atoms with van der Waals surface area (Å²) in [7, 11) is 0. The molecule has 0 spiro atoms. The number of hydrogen-bond acceptors (Lipinski definition) is 1. The number of aliphatic hydroxyl groups excluding tert-OH is 1. The zero-order chi connectivity index (χ0) is 6.20. The molecule has 0 aliphatic heterocycles. The Kier molecular flexibility index (Phi) is 1.50. The van der Waals surface area contributed by atoms with Crippen LogP contribution >= 0.6 is 11.6 Å². The highest BCUT2D eigenvalue weighted by atomic mass is 35.5. The van der Waals surface area contributed by atoms with Gasteiger partial charge in [-0.05, 0) is 18.8 Å². The minimum Gasteiger partial charge on any atom is -0.395 e. The van der Waals surface area contributed by atoms with Crippen molar-refractivity contribution in [1.29, 1.82) is 0 Å². The lowest BCUT2D eigenvalue weighted by Crippen LogP contribution is -2.43. The van der Waals surface area contributed by atoms with Gasteiger partial charge in [0.15, 0.2) is 0 Å². The first kappa shape index (κ1) is 6.37. The van der Waals surface area contributed by atoms with Crippen LogP contribution in [0.1, 0.15) is 19.8 Å². The Morgan fingerprint density at radius 1 is 1.88 bits per heavy atom. The Hall–Kier alpha value is 0.250. The Morgan fingerprint density at radius 2 is 2.50 bits per heavy atom. The summed E-state index contributed by atoms with van der Waals surface area (Å²) in [6.45, 7) is 2.21. The molecule has 48 valence electrons. The van der Waals surface area contributed by atoms with Crippen molar-refractivity contribution >= 4 is 11.6 Å². The van der Waals surface area contributed by atoms with Crippen molar-refractivity contribution in [2.75, 3.05) is 6.61 Å². The summed E-state index contributed by atoms with van der Waals surface area (Å²) in [5, 5.41) is 8.68. The van der Waals surface area contributed by atoms with E-state index in [4.69, 9.17) is 16.7 Å². The molecular formula is C6H11ClO. The third-order valence-electron chi connectivity index (χ3n) is 2.14. The molecule has 0 heterocycles. The molecule has 1 N–H and O–H groups in total. The lowest BCUT2D eigenvalue weighted by atomic mass is 9.75. The van der Waals surface area contributed by atoms with Crippen molar-refractivity contribution < 1.29 is 5.11 Å². The van der Waals surface area contributed by atoms with Gasteiger partial charge in [0.2, 0.25) is 0 Å². The summed E-state index contributed by atoms with van der Waals surface area (Å²) in [4.78, 5) is -0.250. The minimum absolute atomic E-state index is 0.135. The average molecular weight is 135 g/mol. The fraction of sp³-hybridized carbons (Fsp3) is 1.00. The molecule has 2 heteroatoms. The highest BCUT2D eigenvalue weighted by molar-refractivity contribution is 6.24. The quantitative estimate of drug-likeness (QED) is 0.538. The van der Waals surface area contributed by atoms with E-state index < -0.39 is 0 Å². The van der Waals surface area contributed by atoms with Crippen LogP contribution in [0.5, 0.6) is 0 Å². The average Bonchev–Trinajstić information content (AvgIpc) is 1.83. The summed E-state index contributed by atoms with van der Waals surface area (Å²) in [5.74, 6) is 0.508. The molecule has 8 heavy (non-hydrogen) atoms. The van der Waals surface area contributed by atoms with E-state index in [1.54, 1.807) is 0 Å². The van der Waals surface area contributed by atoms with Crippen LogP contribution in [0.4, 0.5) is 0 Å². The molecule has 0 aromatic heterocycles. The van der Waals surface area contributed by atoms with Crippen LogP contribution in [0.2, 0.25) is 0 Å². The predicted octanol–water partition coefficient (Wildman–Crippen LogP) is 1.39. The van der Waals surface area contributed by atoms with Gasteiger partial charge in [0.25, 0.3) is 0 Å². The molecule has 1 fully saturated rings. The summed E-state index contributed by atoms with van der Waals surface area (Å²) in [5.41, 5.74) is 0. The number of halogens is 1. The van der Waals surface area contributed by atoms with Gasteiger partial charge in [0.05, 0.1) is 11.5 Å². The number of alkyl halides is 1. The second-order valence-electron chi connectivity index (χ2n) is 2.63. The van der Waals surface area contributed by atoms with E-state index in [2.05, 4.69) is 6.92 Å². The standard InChI is InChI=1S/C6H11ClO/c1-5-2-3-6(5,7)4-8/h5,8H,2-4H2,1H3. The summed E-state index contributed by atoms with van der Waals surface area (Å²) in [6, 6.07) is 0. The predicted molar refractivity (Wildman–Crippen MR) is 34.1 cm³/mol. The number of rotatable bonds is 1. The van der Waals surface area contributed by atoms with Crippen LogP contribution in [-0.4, -0.2) is 16.6 Å². The molecule has 1 aliphatic rings. The van der Waals surface area contributed by atoms with E-state index in [0.29, 0.717) is 5.92 Å². The van der Waals surface area contributed by atoms with Gasteiger partial charge in [-0.3, -0.25) is 0 Å². The molecule has 0 bridgehead atoms. The maximum absolute atomic E-state index is 8.68. The van der Waals surface area contributed by atoms with Crippen molar-refractivity contribution in [3.05, 3.63) is 0 Å². The van der Waals surface area contributed by atoms with Gasteiger partial charge in [-0.2, -0.15) is 0 Å². The third-order valence-corrected chi connectivity index (χ3v) is 2.82. The van der Waals surface area contributed by atoms with E-state index in [-0.39, 0.29) is 11.5 Å². The molecule has 0 amide bonds. The normalized spacial score (nSPS) is 46.1. The van der Waals surface area contributed by atoms with Crippen LogP contribution in [0.3, 0.4) is 0 Å². The van der Waals surface area contributed by atoms with Crippen LogP contribution < -0.4 is 0 Å². The van der Waals surface area contributed by atoms with Gasteiger partial charge in [-0.15, -0.1) is 11.6 Å². The highest BCUT2D eigenvalue weighted by Gasteiger charge is 2.41. The molecule has 1 nitrogen and oxygen atoms in total. The molecule has 1 saturated carbocycles. The maximum atomic E-state index is 8.68. The van der Waals surface area contributed by atoms with E-state index in [1.165, 1.54) is 6.42 Å². The van der Waals surface area contributed by atoms with Crippen molar-refractivity contribution in [2.24, 2.45) is 5.92 Å². The minimum atomic E-state index is -0.250. The largest absolute Gasteiger partial charge is 0.395 e. The zero-order valence-electron chi connectivity index (χ0n) is 5.02. The molecule has 0 aromatic carbocycles. The van der Waals surface area contributed by atoms with Crippen molar-refractivity contribution in [3.63, 3.8) is 0 Å². The third kappa shape index (κ3) is 0.741. The van der Waals surface area contributed by atoms with Gasteiger partial charge in [0, 0.05) is 0 Å². The van der Waals surface area contributed by atoms with Gasteiger partial charge in [-0.1, -0.05) is 6.92 Å². The van der Waals surface area contributed by atoms with Crippen LogP contribution in [0.25, 0.3) is 0 Å². The first-order chi connectivity index (χ1) is 3.69. The Labute approximate surface area is 54.7 Å². The monoisotopic (exact) mass is 134 g/mol. The highest BCUT2D eigenvalue weighted by Crippen LogP contribution is 2.43.